The third-order valence-corrected chi connectivity index (χ3v) is 6.80. The van der Waals surface area contributed by atoms with Crippen LogP contribution in [0.25, 0.3) is 0 Å². The van der Waals surface area contributed by atoms with E-state index >= 15 is 3.89 Å². The number of aromatic nitrogens is 1. The van der Waals surface area contributed by atoms with Crippen LogP contribution < -0.4 is 0 Å². The highest BCUT2D eigenvalue weighted by molar-refractivity contribution is 8.31. The van der Waals surface area contributed by atoms with E-state index < -0.39 is 10.4 Å². The summed E-state index contributed by atoms with van der Waals surface area (Å²) in [4.78, 5) is 3.05. The lowest BCUT2D eigenvalue weighted by Gasteiger charge is -2.51. The maximum Gasteiger partial charge on any atom is 0.0830 e. The van der Waals surface area contributed by atoms with Gasteiger partial charge >= 0.3 is 0 Å². The van der Waals surface area contributed by atoms with Gasteiger partial charge in [-0.2, -0.15) is 3.89 Å². The Morgan fingerprint density at radius 2 is 1.35 bits per heavy atom. The number of hydrogen-bond acceptors (Lipinski definition) is 0. The molecule has 1 nitrogen and oxygen atoms in total. The molecule has 3 heteroatoms. The van der Waals surface area contributed by atoms with Gasteiger partial charge in [-0.05, 0) is 64.1 Å². The Morgan fingerprint density at radius 3 is 1.55 bits per heavy atom. The van der Waals surface area contributed by atoms with Crippen LogP contribution in [-0.4, -0.2) is 14.5 Å². The van der Waals surface area contributed by atoms with E-state index in [-0.39, 0.29) is 9.49 Å². The number of rotatable bonds is 1. The van der Waals surface area contributed by atoms with Gasteiger partial charge in [0.2, 0.25) is 0 Å². The Labute approximate surface area is 128 Å². The van der Waals surface area contributed by atoms with Gasteiger partial charge in [-0.3, -0.25) is 0 Å². The Balaban J connectivity index is 0. The summed E-state index contributed by atoms with van der Waals surface area (Å²) in [6, 6.07) is 3.74. The molecule has 1 aromatic rings. The molecule has 0 aliphatic carbocycles. The fraction of sp³-hybridized carbons (Fsp3) is 0.765. The summed E-state index contributed by atoms with van der Waals surface area (Å²) in [5.41, 5.74) is 0. The standard InChI is InChI=1S/C12H22FNS.C3H8.C2H6/c1-11(2,3)15(13,12(4,5)6)10-8-7-9-14-10;1-3-2;1-2/h7-9,14H,1-6H3;3H2,1-2H3;1-2H3. The molecule has 0 unspecified atom stereocenters. The summed E-state index contributed by atoms with van der Waals surface area (Å²) in [6.45, 7) is 20.1. The number of hydrogen-bond donors (Lipinski definition) is 1. The summed E-state index contributed by atoms with van der Waals surface area (Å²) in [7, 11) is -2.36. The average Bonchev–Trinajstić information content (AvgIpc) is 2.82. The predicted octanol–water partition coefficient (Wildman–Crippen LogP) is 7.10. The van der Waals surface area contributed by atoms with Gasteiger partial charge in [0, 0.05) is 15.7 Å². The van der Waals surface area contributed by atoms with Crippen LogP contribution in [-0.2, 0) is 0 Å². The van der Waals surface area contributed by atoms with E-state index in [0.717, 1.165) is 5.03 Å². The van der Waals surface area contributed by atoms with E-state index in [4.69, 9.17) is 0 Å². The van der Waals surface area contributed by atoms with Crippen molar-refractivity contribution < 1.29 is 3.89 Å². The Hall–Kier alpha value is -0.440. The molecule has 20 heavy (non-hydrogen) atoms. The van der Waals surface area contributed by atoms with Gasteiger partial charge < -0.3 is 4.98 Å². The fourth-order valence-corrected chi connectivity index (χ4v) is 5.72. The number of halogens is 1. The highest BCUT2D eigenvalue weighted by atomic mass is 32.3. The van der Waals surface area contributed by atoms with Gasteiger partial charge in [-0.25, -0.2) is 0 Å². The Kier molecular flexibility index (Phi) is 9.57. The molecule has 0 aliphatic rings. The molecular formula is C17H36FNS. The lowest BCUT2D eigenvalue weighted by atomic mass is 10.2. The molecule has 1 N–H and O–H groups in total. The minimum Gasteiger partial charge on any atom is -0.356 e. The Morgan fingerprint density at radius 1 is 1.00 bits per heavy atom. The monoisotopic (exact) mass is 305 g/mol. The van der Waals surface area contributed by atoms with E-state index in [0.29, 0.717) is 0 Å². The van der Waals surface area contributed by atoms with Crippen molar-refractivity contribution in [1.29, 1.82) is 0 Å². The Bertz CT molecular complexity index is 317. The van der Waals surface area contributed by atoms with Crippen LogP contribution in [0.15, 0.2) is 23.4 Å². The van der Waals surface area contributed by atoms with Gasteiger partial charge in [0.25, 0.3) is 0 Å². The first-order chi connectivity index (χ1) is 9.02. The molecule has 1 heterocycles. The maximum absolute atomic E-state index is 15.4. The van der Waals surface area contributed by atoms with Crippen molar-refractivity contribution >= 4 is 10.4 Å². The first-order valence-electron chi connectivity index (χ1n) is 7.67. The summed E-state index contributed by atoms with van der Waals surface area (Å²) in [5.74, 6) is 0. The molecule has 1 aromatic heterocycles. The van der Waals surface area contributed by atoms with E-state index in [1.807, 2.05) is 67.5 Å². The first kappa shape index (κ1) is 21.9. The topological polar surface area (TPSA) is 15.8 Å². The second-order valence-corrected chi connectivity index (χ2v) is 10.5. The SMILES string of the molecule is CC.CC(C)(C)S(F)(c1ccc[nH]1)C(C)(C)C.CCC. The van der Waals surface area contributed by atoms with Crippen LogP contribution in [0.5, 0.6) is 0 Å². The van der Waals surface area contributed by atoms with Crippen molar-refractivity contribution in [3.05, 3.63) is 18.3 Å². The minimum absolute atomic E-state index is 0.351. The van der Waals surface area contributed by atoms with Gasteiger partial charge in [-0.15, -0.1) is 0 Å². The predicted molar refractivity (Wildman–Crippen MR) is 94.6 cm³/mol. The second kappa shape index (κ2) is 8.76. The molecule has 122 valence electrons. The van der Waals surface area contributed by atoms with Crippen molar-refractivity contribution in [3.63, 3.8) is 0 Å². The lowest BCUT2D eigenvalue weighted by Crippen LogP contribution is -2.35. The number of aromatic amines is 1. The first-order valence-corrected chi connectivity index (χ1v) is 9.21. The summed E-state index contributed by atoms with van der Waals surface area (Å²) in [5, 5.41) is 0.752. The van der Waals surface area contributed by atoms with Crippen molar-refractivity contribution in [2.75, 3.05) is 0 Å². The molecule has 0 bridgehead atoms. The van der Waals surface area contributed by atoms with Crippen LogP contribution in [0.2, 0.25) is 0 Å². The molecule has 0 aliphatic heterocycles. The molecule has 0 fully saturated rings. The molecule has 0 spiro atoms. The van der Waals surface area contributed by atoms with Gasteiger partial charge in [0.05, 0.1) is 5.03 Å². The summed E-state index contributed by atoms with van der Waals surface area (Å²) in [6.07, 6.45) is 3.05. The summed E-state index contributed by atoms with van der Waals surface area (Å²) >= 11 is 0. The van der Waals surface area contributed by atoms with Crippen molar-refractivity contribution in [3.8, 4) is 0 Å². The van der Waals surface area contributed by atoms with Gasteiger partial charge in [-0.1, -0.05) is 34.1 Å². The van der Waals surface area contributed by atoms with Gasteiger partial charge in [0.15, 0.2) is 0 Å². The lowest BCUT2D eigenvalue weighted by molar-refractivity contribution is 0.635. The fourth-order valence-electron chi connectivity index (χ4n) is 2.07. The van der Waals surface area contributed by atoms with Gasteiger partial charge in [0.1, 0.15) is 0 Å². The van der Waals surface area contributed by atoms with E-state index in [9.17, 15) is 0 Å². The molecule has 0 aromatic carbocycles. The van der Waals surface area contributed by atoms with Crippen LogP contribution >= 0.6 is 10.4 Å². The molecule has 0 atom stereocenters. The highest BCUT2D eigenvalue weighted by Gasteiger charge is 2.48. The third kappa shape index (κ3) is 5.16. The number of H-pyrrole nitrogens is 1. The summed E-state index contributed by atoms with van der Waals surface area (Å²) < 4.78 is 14.7. The minimum atomic E-state index is -2.36. The van der Waals surface area contributed by atoms with E-state index in [2.05, 4.69) is 18.8 Å². The molecular weight excluding hydrogens is 269 g/mol. The zero-order valence-electron chi connectivity index (χ0n) is 15.2. The number of nitrogens with one attached hydrogen (secondary N) is 1. The van der Waals surface area contributed by atoms with Crippen LogP contribution in [0.1, 0.15) is 75.7 Å². The molecule has 1 rings (SSSR count). The van der Waals surface area contributed by atoms with E-state index in [1.54, 1.807) is 6.20 Å². The zero-order chi connectivity index (χ0) is 16.6. The molecule has 0 saturated carbocycles. The van der Waals surface area contributed by atoms with Crippen LogP contribution in [0.4, 0.5) is 3.89 Å². The zero-order valence-corrected chi connectivity index (χ0v) is 16.0. The van der Waals surface area contributed by atoms with Crippen molar-refractivity contribution in [2.45, 2.75) is 90.2 Å². The normalized spacial score (nSPS) is 12.8. The molecule has 0 radical (unpaired) electrons. The largest absolute Gasteiger partial charge is 0.356 e. The second-order valence-electron chi connectivity index (χ2n) is 6.50. The quantitative estimate of drug-likeness (QED) is 0.569. The third-order valence-electron chi connectivity index (χ3n) is 2.56. The highest BCUT2D eigenvalue weighted by Crippen LogP contribution is 2.73. The molecule has 0 saturated heterocycles. The van der Waals surface area contributed by atoms with Crippen molar-refractivity contribution in [1.82, 2.24) is 4.98 Å². The molecule has 0 amide bonds. The van der Waals surface area contributed by atoms with Crippen LogP contribution in [0, 0.1) is 0 Å². The average molecular weight is 306 g/mol. The van der Waals surface area contributed by atoms with Crippen LogP contribution in [0.3, 0.4) is 0 Å². The smallest absolute Gasteiger partial charge is 0.0830 e. The van der Waals surface area contributed by atoms with Crippen molar-refractivity contribution in [2.24, 2.45) is 0 Å². The van der Waals surface area contributed by atoms with E-state index in [1.165, 1.54) is 6.42 Å². The maximum atomic E-state index is 15.4.